The van der Waals surface area contributed by atoms with Gasteiger partial charge in [0.05, 0.1) is 26.4 Å². The molecule has 4 N–H and O–H groups in total. The number of aliphatic hydroxyl groups is 2. The second-order valence-electron chi connectivity index (χ2n) is 28.5. The lowest BCUT2D eigenvalue weighted by molar-refractivity contribution is -0.161. The minimum Gasteiger partial charge on any atom is -0.463 e. The van der Waals surface area contributed by atoms with Gasteiger partial charge in [0.1, 0.15) is 25.4 Å². The SMILES string of the molecule is CC/C=C\C/C=C\C/C=C\C/C=C\C/C=C\C/C=C\CCCCCCCCCCCCC(=O)OCC(O)COP(=O)(O)OCC(O)COP(=O)(O)OCC(COC(=O)CCCCCCCCCC/C=C\C/C=C\C/C=C\C/C=C\C/C=C\C/C=C\CC)OC(=O)CCCCCC/C=C\C/C=C\C/C=C\C/C=C\C/C=C\C/C=C\CC. The number of esters is 3. The Bertz CT molecular complexity index is 2970. The number of carbonyl (C=O) groups excluding carboxylic acids is 3. The Kier molecular flexibility index (Phi) is 82.5. The first-order valence-electron chi connectivity index (χ1n) is 44.0. The third-order valence-corrected chi connectivity index (χ3v) is 19.6. The summed E-state index contributed by atoms with van der Waals surface area (Å²) in [6.07, 6.45) is 118. The van der Waals surface area contributed by atoms with Gasteiger partial charge in [-0.25, -0.2) is 9.13 Å². The van der Waals surface area contributed by atoms with E-state index in [1.807, 2.05) is 0 Å². The van der Waals surface area contributed by atoms with Crippen LogP contribution in [0.2, 0.25) is 0 Å². The fraction of sp³-hybridized carbons (Fsp3) is 0.598. The van der Waals surface area contributed by atoms with E-state index in [1.54, 1.807) is 0 Å². The van der Waals surface area contributed by atoms with Crippen molar-refractivity contribution >= 4 is 33.6 Å². The predicted octanol–water partition coefficient (Wildman–Crippen LogP) is 27.0. The molecule has 0 aromatic heterocycles. The van der Waals surface area contributed by atoms with Crippen LogP contribution in [0.1, 0.15) is 316 Å². The average Bonchev–Trinajstić information content (AvgIpc) is 0.906. The highest BCUT2D eigenvalue weighted by molar-refractivity contribution is 7.47. The van der Waals surface area contributed by atoms with E-state index in [0.29, 0.717) is 19.3 Å². The number of phosphoric acid groups is 2. The summed E-state index contributed by atoms with van der Waals surface area (Å²) in [5, 5.41) is 20.7. The lowest BCUT2D eigenvalue weighted by Gasteiger charge is -2.21. The van der Waals surface area contributed by atoms with Crippen molar-refractivity contribution in [2.24, 2.45) is 0 Å². The number of unbranched alkanes of at least 4 members (excludes halogenated alkanes) is 22. The average molecular weight is 1640 g/mol. The van der Waals surface area contributed by atoms with Crippen molar-refractivity contribution in [3.63, 3.8) is 0 Å². The molecule has 0 rings (SSSR count). The second-order valence-corrected chi connectivity index (χ2v) is 31.5. The maximum atomic E-state index is 13.1. The lowest BCUT2D eigenvalue weighted by Crippen LogP contribution is -2.30. The first-order valence-corrected chi connectivity index (χ1v) is 47.0. The molecular formula is C97H156O16P2. The first-order chi connectivity index (χ1) is 56.2. The number of ether oxygens (including phenoxy) is 3. The number of carbonyl (C=O) groups is 3. The van der Waals surface area contributed by atoms with Gasteiger partial charge in [0.15, 0.2) is 6.10 Å². The van der Waals surface area contributed by atoms with Gasteiger partial charge in [-0.15, -0.1) is 0 Å². The summed E-state index contributed by atoms with van der Waals surface area (Å²) in [4.78, 5) is 59.0. The van der Waals surface area contributed by atoms with Gasteiger partial charge >= 0.3 is 33.6 Å². The number of phosphoric ester groups is 2. The molecule has 0 heterocycles. The van der Waals surface area contributed by atoms with E-state index in [9.17, 15) is 43.5 Å². The number of allylic oxidation sites excluding steroid dienone is 36. The smallest absolute Gasteiger partial charge is 0.463 e. The van der Waals surface area contributed by atoms with Gasteiger partial charge < -0.3 is 34.2 Å². The van der Waals surface area contributed by atoms with Crippen LogP contribution in [0.25, 0.3) is 0 Å². The Hall–Kier alpha value is -6.13. The van der Waals surface area contributed by atoms with Gasteiger partial charge in [0.2, 0.25) is 0 Å². The molecular weight excluding hydrogens is 1480 g/mol. The summed E-state index contributed by atoms with van der Waals surface area (Å²) in [7, 11) is -9.84. The predicted molar refractivity (Wildman–Crippen MR) is 481 cm³/mol. The zero-order chi connectivity index (χ0) is 83.6. The van der Waals surface area contributed by atoms with Crippen molar-refractivity contribution in [3.05, 3.63) is 219 Å². The fourth-order valence-electron chi connectivity index (χ4n) is 11.1. The Morgan fingerprint density at radius 2 is 0.435 bits per heavy atom. The Labute approximate surface area is 698 Å². The molecule has 0 amide bonds. The number of hydrogen-bond donors (Lipinski definition) is 4. The summed E-state index contributed by atoms with van der Waals surface area (Å²) in [6.45, 7) is 2.29. The van der Waals surface area contributed by atoms with Gasteiger partial charge in [-0.1, -0.05) is 342 Å². The maximum Gasteiger partial charge on any atom is 0.472 e. The molecule has 5 atom stereocenters. The van der Waals surface area contributed by atoms with Crippen molar-refractivity contribution in [2.45, 2.75) is 334 Å². The van der Waals surface area contributed by atoms with Gasteiger partial charge in [0.25, 0.3) is 0 Å². The summed E-state index contributed by atoms with van der Waals surface area (Å²) in [5.41, 5.74) is 0. The molecule has 0 bridgehead atoms. The Morgan fingerprint density at radius 1 is 0.243 bits per heavy atom. The van der Waals surface area contributed by atoms with Crippen LogP contribution in [-0.4, -0.2) is 95.9 Å². The molecule has 0 aromatic carbocycles. The molecule has 0 saturated heterocycles. The molecule has 115 heavy (non-hydrogen) atoms. The molecule has 0 radical (unpaired) electrons. The Morgan fingerprint density at radius 3 is 0.687 bits per heavy atom. The third-order valence-electron chi connectivity index (χ3n) is 17.7. The van der Waals surface area contributed by atoms with E-state index >= 15 is 0 Å². The minimum absolute atomic E-state index is 0.0635. The monoisotopic (exact) mass is 1640 g/mol. The van der Waals surface area contributed by atoms with Crippen molar-refractivity contribution in [2.75, 3.05) is 39.6 Å². The maximum absolute atomic E-state index is 13.1. The van der Waals surface area contributed by atoms with Crippen molar-refractivity contribution in [3.8, 4) is 0 Å². The van der Waals surface area contributed by atoms with E-state index in [-0.39, 0.29) is 19.3 Å². The molecule has 5 unspecified atom stereocenters. The fourth-order valence-corrected chi connectivity index (χ4v) is 12.7. The molecule has 0 spiro atoms. The number of rotatable bonds is 81. The second kappa shape index (κ2) is 87.2. The summed E-state index contributed by atoms with van der Waals surface area (Å²) >= 11 is 0. The highest BCUT2D eigenvalue weighted by Crippen LogP contribution is 2.45. The normalized spacial score (nSPS) is 14.9. The molecule has 16 nitrogen and oxygen atoms in total. The molecule has 0 aromatic rings. The molecule has 0 aliphatic rings. The molecule has 18 heteroatoms. The van der Waals surface area contributed by atoms with E-state index in [2.05, 4.69) is 240 Å². The highest BCUT2D eigenvalue weighted by Gasteiger charge is 2.29. The van der Waals surface area contributed by atoms with E-state index in [4.69, 9.17) is 32.3 Å². The quantitative estimate of drug-likeness (QED) is 0.0146. The molecule has 0 fully saturated rings. The summed E-state index contributed by atoms with van der Waals surface area (Å²) in [5.74, 6) is -1.63. The van der Waals surface area contributed by atoms with Crippen molar-refractivity contribution in [1.29, 1.82) is 0 Å². The van der Waals surface area contributed by atoms with E-state index in [1.165, 1.54) is 38.5 Å². The van der Waals surface area contributed by atoms with Gasteiger partial charge in [-0.3, -0.25) is 32.5 Å². The van der Waals surface area contributed by atoms with E-state index in [0.717, 1.165) is 218 Å². The minimum atomic E-state index is -4.96. The number of aliphatic hydroxyl groups excluding tert-OH is 2. The van der Waals surface area contributed by atoms with Crippen LogP contribution in [0.5, 0.6) is 0 Å². The molecule has 0 aliphatic carbocycles. The summed E-state index contributed by atoms with van der Waals surface area (Å²) < 4.78 is 61.4. The highest BCUT2D eigenvalue weighted by atomic mass is 31.2. The number of hydrogen-bond acceptors (Lipinski definition) is 14. The largest absolute Gasteiger partial charge is 0.472 e. The standard InChI is InChI=1S/C97H156O16P2/c1-4-7-10-13-16-19-22-25-28-31-34-37-40-42-44-45-47-49-51-53-56-59-62-65-68-71-74-77-80-83-95(100)107-86-92(98)87-109-114(103,104)110-88-93(99)89-111-115(105,106)112-91-94(113-97(102)85-82-79-76-73-70-67-64-61-58-55-50-39-36-33-30-27-24-21-18-15-12-9-6-3)90-108-96(101)84-81-78-75-72-69-66-63-60-57-54-52-48-46-43-41-38-35-32-29-26-23-20-17-14-11-8-5-2/h7-12,16-21,25-30,34-39,42-44,46-47,49,52,54-55,58,64,67,92-94,98-99H,4-6,13-15,22-24,31-33,40-41,45,48,50-51,53,56-57,59-63,65-66,68-91H2,1-3H3,(H,103,104)(H,105,106)/b10-7-,11-8-,12-9-,19-16-,20-17-,21-18-,28-25-,29-26-,30-27-,37-34-,38-35-,39-36-,44-42-,46-43-,49-47-,54-52-,58-55-,67-64-. The molecule has 0 aliphatic heterocycles. The first kappa shape index (κ1) is 109. The third kappa shape index (κ3) is 88.5. The van der Waals surface area contributed by atoms with Crippen molar-refractivity contribution < 1.29 is 75.8 Å². The van der Waals surface area contributed by atoms with Gasteiger partial charge in [0, 0.05) is 19.3 Å². The van der Waals surface area contributed by atoms with Crippen LogP contribution in [-0.2, 0) is 55.8 Å². The summed E-state index contributed by atoms with van der Waals surface area (Å²) in [6, 6.07) is 0. The zero-order valence-electron chi connectivity index (χ0n) is 71.4. The van der Waals surface area contributed by atoms with E-state index < -0.39 is 91.5 Å². The zero-order valence-corrected chi connectivity index (χ0v) is 73.2. The van der Waals surface area contributed by atoms with Crippen LogP contribution in [0.4, 0.5) is 0 Å². The Balaban J connectivity index is 4.72. The lowest BCUT2D eigenvalue weighted by atomic mass is 10.1. The van der Waals surface area contributed by atoms with Crippen LogP contribution in [0.3, 0.4) is 0 Å². The molecule has 0 saturated carbocycles. The van der Waals surface area contributed by atoms with Gasteiger partial charge in [-0.05, 0) is 173 Å². The van der Waals surface area contributed by atoms with Crippen LogP contribution >= 0.6 is 15.6 Å². The van der Waals surface area contributed by atoms with Crippen LogP contribution in [0.15, 0.2) is 219 Å². The molecule has 650 valence electrons. The van der Waals surface area contributed by atoms with Crippen molar-refractivity contribution in [1.82, 2.24) is 0 Å². The van der Waals surface area contributed by atoms with Crippen LogP contribution in [0, 0.1) is 0 Å². The van der Waals surface area contributed by atoms with Crippen LogP contribution < -0.4 is 0 Å². The van der Waals surface area contributed by atoms with Gasteiger partial charge in [-0.2, -0.15) is 0 Å². The topological polar surface area (TPSA) is 231 Å².